The van der Waals surface area contributed by atoms with Gasteiger partial charge in [0.2, 0.25) is 0 Å². The molecule has 0 aromatic carbocycles. The second-order valence-electron chi connectivity index (χ2n) is 4.36. The number of hydrogen-bond acceptors (Lipinski definition) is 2. The SMILES string of the molecule is CCN(C)C(C)(CN)CC1CC1. The summed E-state index contributed by atoms with van der Waals surface area (Å²) in [6.45, 7) is 6.36. The standard InChI is InChI=1S/C10H22N2/c1-4-12(3)10(2,8-11)7-9-5-6-9/h9H,4-8,11H2,1-3H3. The monoisotopic (exact) mass is 170 g/mol. The van der Waals surface area contributed by atoms with E-state index in [4.69, 9.17) is 5.73 Å². The van der Waals surface area contributed by atoms with Crippen LogP contribution in [0.1, 0.15) is 33.1 Å². The molecular formula is C10H22N2. The van der Waals surface area contributed by atoms with Gasteiger partial charge in [-0.15, -0.1) is 0 Å². The minimum absolute atomic E-state index is 0.246. The van der Waals surface area contributed by atoms with Crippen LogP contribution in [0.15, 0.2) is 0 Å². The van der Waals surface area contributed by atoms with Crippen LogP contribution in [0.25, 0.3) is 0 Å². The van der Waals surface area contributed by atoms with E-state index in [1.54, 1.807) is 0 Å². The third-order valence-electron chi connectivity index (χ3n) is 3.26. The lowest BCUT2D eigenvalue weighted by Gasteiger charge is -2.37. The maximum absolute atomic E-state index is 5.82. The molecule has 0 bridgehead atoms. The first-order chi connectivity index (χ1) is 5.62. The second-order valence-corrected chi connectivity index (χ2v) is 4.36. The molecule has 2 heteroatoms. The lowest BCUT2D eigenvalue weighted by atomic mass is 9.93. The zero-order valence-corrected chi connectivity index (χ0v) is 8.64. The van der Waals surface area contributed by atoms with Crippen molar-refractivity contribution in [3.05, 3.63) is 0 Å². The van der Waals surface area contributed by atoms with Crippen LogP contribution in [0.2, 0.25) is 0 Å². The predicted molar refractivity (Wildman–Crippen MR) is 53.1 cm³/mol. The van der Waals surface area contributed by atoms with Gasteiger partial charge in [0.1, 0.15) is 0 Å². The minimum atomic E-state index is 0.246. The molecule has 1 aliphatic carbocycles. The van der Waals surface area contributed by atoms with Gasteiger partial charge >= 0.3 is 0 Å². The summed E-state index contributed by atoms with van der Waals surface area (Å²) in [7, 11) is 2.18. The Bertz CT molecular complexity index is 143. The number of nitrogens with two attached hydrogens (primary N) is 1. The van der Waals surface area contributed by atoms with Crippen molar-refractivity contribution in [3.8, 4) is 0 Å². The Morgan fingerprint density at radius 1 is 1.50 bits per heavy atom. The highest BCUT2D eigenvalue weighted by atomic mass is 15.2. The van der Waals surface area contributed by atoms with Gasteiger partial charge in [-0.1, -0.05) is 19.8 Å². The first-order valence-corrected chi connectivity index (χ1v) is 5.03. The van der Waals surface area contributed by atoms with Gasteiger partial charge in [0.25, 0.3) is 0 Å². The molecule has 0 heterocycles. The molecule has 72 valence electrons. The number of hydrogen-bond donors (Lipinski definition) is 1. The van der Waals surface area contributed by atoms with E-state index in [1.807, 2.05) is 0 Å². The molecule has 0 radical (unpaired) electrons. The molecule has 1 fully saturated rings. The second kappa shape index (κ2) is 3.75. The minimum Gasteiger partial charge on any atom is -0.329 e. The largest absolute Gasteiger partial charge is 0.329 e. The molecule has 0 amide bonds. The van der Waals surface area contributed by atoms with Crippen molar-refractivity contribution in [1.29, 1.82) is 0 Å². The first kappa shape index (κ1) is 10.0. The van der Waals surface area contributed by atoms with Crippen LogP contribution in [-0.2, 0) is 0 Å². The summed E-state index contributed by atoms with van der Waals surface area (Å²) in [6, 6.07) is 0. The lowest BCUT2D eigenvalue weighted by molar-refractivity contribution is 0.134. The average Bonchev–Trinajstić information content (AvgIpc) is 2.86. The van der Waals surface area contributed by atoms with Crippen LogP contribution in [-0.4, -0.2) is 30.6 Å². The number of nitrogens with zero attached hydrogens (tertiary/aromatic N) is 1. The van der Waals surface area contributed by atoms with Gasteiger partial charge < -0.3 is 5.73 Å². The Hall–Kier alpha value is -0.0800. The zero-order chi connectivity index (χ0) is 9.19. The van der Waals surface area contributed by atoms with Gasteiger partial charge in [-0.05, 0) is 32.9 Å². The zero-order valence-electron chi connectivity index (χ0n) is 8.64. The summed E-state index contributed by atoms with van der Waals surface area (Å²) in [5.41, 5.74) is 6.06. The van der Waals surface area contributed by atoms with Crippen molar-refractivity contribution in [2.75, 3.05) is 20.1 Å². The molecule has 1 unspecified atom stereocenters. The normalized spacial score (nSPS) is 22.8. The molecular weight excluding hydrogens is 148 g/mol. The molecule has 0 spiro atoms. The van der Waals surface area contributed by atoms with Crippen LogP contribution >= 0.6 is 0 Å². The summed E-state index contributed by atoms with van der Waals surface area (Å²) in [6.07, 6.45) is 4.13. The molecule has 2 nitrogen and oxygen atoms in total. The van der Waals surface area contributed by atoms with E-state index < -0.39 is 0 Å². The van der Waals surface area contributed by atoms with E-state index in [-0.39, 0.29) is 5.54 Å². The van der Waals surface area contributed by atoms with Crippen LogP contribution < -0.4 is 5.73 Å². The summed E-state index contributed by atoms with van der Waals surface area (Å²) in [5.74, 6) is 0.965. The van der Waals surface area contributed by atoms with Crippen molar-refractivity contribution >= 4 is 0 Å². The highest BCUT2D eigenvalue weighted by Crippen LogP contribution is 2.38. The maximum Gasteiger partial charge on any atom is 0.0303 e. The number of likely N-dealkylation sites (N-methyl/N-ethyl adjacent to an activating group) is 1. The predicted octanol–water partition coefficient (Wildman–Crippen LogP) is 1.46. The molecule has 0 aromatic rings. The first-order valence-electron chi connectivity index (χ1n) is 5.03. The van der Waals surface area contributed by atoms with Crippen molar-refractivity contribution in [2.24, 2.45) is 11.7 Å². The van der Waals surface area contributed by atoms with Crippen molar-refractivity contribution in [2.45, 2.75) is 38.6 Å². The van der Waals surface area contributed by atoms with Gasteiger partial charge in [-0.25, -0.2) is 0 Å². The Kier molecular flexibility index (Phi) is 3.13. The molecule has 1 aliphatic rings. The summed E-state index contributed by atoms with van der Waals surface area (Å²) < 4.78 is 0. The fourth-order valence-corrected chi connectivity index (χ4v) is 1.72. The van der Waals surface area contributed by atoms with Crippen LogP contribution in [0, 0.1) is 5.92 Å². The van der Waals surface area contributed by atoms with E-state index in [9.17, 15) is 0 Å². The summed E-state index contributed by atoms with van der Waals surface area (Å²) >= 11 is 0. The molecule has 0 aliphatic heterocycles. The van der Waals surface area contributed by atoms with E-state index in [0.717, 1.165) is 19.0 Å². The fourth-order valence-electron chi connectivity index (χ4n) is 1.72. The van der Waals surface area contributed by atoms with Crippen molar-refractivity contribution in [3.63, 3.8) is 0 Å². The van der Waals surface area contributed by atoms with Gasteiger partial charge in [0, 0.05) is 12.1 Å². The molecule has 1 rings (SSSR count). The van der Waals surface area contributed by atoms with Crippen LogP contribution in [0.3, 0.4) is 0 Å². The number of rotatable bonds is 5. The molecule has 1 saturated carbocycles. The Labute approximate surface area is 76.1 Å². The molecule has 12 heavy (non-hydrogen) atoms. The van der Waals surface area contributed by atoms with Crippen LogP contribution in [0.4, 0.5) is 0 Å². The Morgan fingerprint density at radius 3 is 2.42 bits per heavy atom. The van der Waals surface area contributed by atoms with Gasteiger partial charge in [-0.3, -0.25) is 4.90 Å². The van der Waals surface area contributed by atoms with E-state index in [2.05, 4.69) is 25.8 Å². The van der Waals surface area contributed by atoms with Crippen molar-refractivity contribution in [1.82, 2.24) is 4.90 Å². The highest BCUT2D eigenvalue weighted by molar-refractivity contribution is 4.91. The molecule has 0 aromatic heterocycles. The van der Waals surface area contributed by atoms with E-state index in [0.29, 0.717) is 0 Å². The lowest BCUT2D eigenvalue weighted by Crippen LogP contribution is -2.49. The Morgan fingerprint density at radius 2 is 2.08 bits per heavy atom. The van der Waals surface area contributed by atoms with Gasteiger partial charge in [-0.2, -0.15) is 0 Å². The maximum atomic E-state index is 5.82. The van der Waals surface area contributed by atoms with Crippen molar-refractivity contribution < 1.29 is 0 Å². The third-order valence-corrected chi connectivity index (χ3v) is 3.26. The quantitative estimate of drug-likeness (QED) is 0.677. The van der Waals surface area contributed by atoms with Gasteiger partial charge in [0.15, 0.2) is 0 Å². The smallest absolute Gasteiger partial charge is 0.0303 e. The highest BCUT2D eigenvalue weighted by Gasteiger charge is 2.34. The molecule has 2 N–H and O–H groups in total. The fraction of sp³-hybridized carbons (Fsp3) is 1.00. The summed E-state index contributed by atoms with van der Waals surface area (Å²) in [5, 5.41) is 0. The summed E-state index contributed by atoms with van der Waals surface area (Å²) in [4.78, 5) is 2.38. The van der Waals surface area contributed by atoms with E-state index >= 15 is 0 Å². The molecule has 0 saturated heterocycles. The Balaban J connectivity index is 2.46. The van der Waals surface area contributed by atoms with Gasteiger partial charge in [0.05, 0.1) is 0 Å². The average molecular weight is 170 g/mol. The third kappa shape index (κ3) is 2.20. The molecule has 1 atom stereocenters. The van der Waals surface area contributed by atoms with E-state index in [1.165, 1.54) is 19.3 Å². The topological polar surface area (TPSA) is 29.3 Å². The van der Waals surface area contributed by atoms with Crippen LogP contribution in [0.5, 0.6) is 0 Å².